The molecule has 1 saturated carbocycles. The number of nitrogens with two attached hydrogens (primary N) is 1. The zero-order valence-electron chi connectivity index (χ0n) is 13.8. The summed E-state index contributed by atoms with van der Waals surface area (Å²) in [4.78, 5) is 16.0. The predicted molar refractivity (Wildman–Crippen MR) is 93.6 cm³/mol. The van der Waals surface area contributed by atoms with Crippen LogP contribution in [0, 0.1) is 11.7 Å². The van der Waals surface area contributed by atoms with Gasteiger partial charge in [-0.3, -0.25) is 4.79 Å². The molecule has 0 aliphatic heterocycles. The second-order valence-corrected chi connectivity index (χ2v) is 6.18. The molecule has 3 rings (SSSR count). The van der Waals surface area contributed by atoms with Crippen LogP contribution in [0.1, 0.15) is 31.6 Å². The molecule has 1 aromatic carbocycles. The molecule has 1 heterocycles. The molecule has 8 heteroatoms. The van der Waals surface area contributed by atoms with E-state index in [0.717, 1.165) is 0 Å². The standard InChI is InChI=1S/C17H21FN4O2.ClH/c18-13-8-6-12(7-9-13)17-21-16(24-22-17)3-1-2-15(23)20-10-14(19)11-4-5-11;/h6-9,11,14H,1-5,10,19H2,(H,20,23);1H. The summed E-state index contributed by atoms with van der Waals surface area (Å²) in [6, 6.07) is 5.97. The van der Waals surface area contributed by atoms with E-state index in [4.69, 9.17) is 10.3 Å². The molecule has 1 amide bonds. The number of aromatic nitrogens is 2. The maximum Gasteiger partial charge on any atom is 0.226 e. The third-order valence-corrected chi connectivity index (χ3v) is 4.13. The minimum absolute atomic E-state index is 0. The number of nitrogens with one attached hydrogen (secondary N) is 1. The van der Waals surface area contributed by atoms with Gasteiger partial charge >= 0.3 is 0 Å². The van der Waals surface area contributed by atoms with Crippen LogP contribution < -0.4 is 11.1 Å². The zero-order chi connectivity index (χ0) is 16.9. The van der Waals surface area contributed by atoms with Crippen LogP contribution in [-0.4, -0.2) is 28.6 Å². The highest BCUT2D eigenvalue weighted by Crippen LogP contribution is 2.31. The van der Waals surface area contributed by atoms with Gasteiger partial charge in [-0.25, -0.2) is 4.39 Å². The normalized spacial score (nSPS) is 14.6. The van der Waals surface area contributed by atoms with Crippen LogP contribution >= 0.6 is 12.4 Å². The molecule has 1 aliphatic carbocycles. The Hall–Kier alpha value is -1.99. The maximum absolute atomic E-state index is 12.9. The quantitative estimate of drug-likeness (QED) is 0.746. The molecule has 6 nitrogen and oxygen atoms in total. The molecule has 1 atom stereocenters. The first-order chi connectivity index (χ1) is 11.6. The molecule has 1 aliphatic rings. The molecule has 0 radical (unpaired) electrons. The minimum Gasteiger partial charge on any atom is -0.355 e. The summed E-state index contributed by atoms with van der Waals surface area (Å²) >= 11 is 0. The van der Waals surface area contributed by atoms with E-state index in [1.54, 1.807) is 12.1 Å². The van der Waals surface area contributed by atoms with E-state index >= 15 is 0 Å². The van der Waals surface area contributed by atoms with Gasteiger partial charge in [0.1, 0.15) is 5.82 Å². The Bertz CT molecular complexity index is 688. The Morgan fingerprint density at radius 1 is 1.36 bits per heavy atom. The van der Waals surface area contributed by atoms with E-state index in [1.165, 1.54) is 25.0 Å². The number of rotatable bonds is 8. The highest BCUT2D eigenvalue weighted by molar-refractivity contribution is 5.85. The van der Waals surface area contributed by atoms with Crippen LogP contribution in [0.5, 0.6) is 0 Å². The van der Waals surface area contributed by atoms with Crippen molar-refractivity contribution in [1.82, 2.24) is 15.5 Å². The Balaban J connectivity index is 0.00000225. The molecule has 1 unspecified atom stereocenters. The van der Waals surface area contributed by atoms with Gasteiger partial charge in [-0.15, -0.1) is 12.4 Å². The van der Waals surface area contributed by atoms with Crippen LogP contribution in [0.25, 0.3) is 11.4 Å². The summed E-state index contributed by atoms with van der Waals surface area (Å²) in [5.41, 5.74) is 6.64. The summed E-state index contributed by atoms with van der Waals surface area (Å²) in [6.45, 7) is 0.540. The van der Waals surface area contributed by atoms with Crippen LogP contribution in [-0.2, 0) is 11.2 Å². The smallest absolute Gasteiger partial charge is 0.226 e. The predicted octanol–water partition coefficient (Wildman–Crippen LogP) is 2.47. The van der Waals surface area contributed by atoms with E-state index in [1.807, 2.05) is 0 Å². The third-order valence-electron chi connectivity index (χ3n) is 4.13. The van der Waals surface area contributed by atoms with Crippen molar-refractivity contribution in [2.75, 3.05) is 6.54 Å². The number of aryl methyl sites for hydroxylation is 1. The van der Waals surface area contributed by atoms with Gasteiger partial charge in [-0.05, 0) is 49.4 Å². The van der Waals surface area contributed by atoms with Crippen LogP contribution in [0.2, 0.25) is 0 Å². The molecular formula is C17H22ClFN4O2. The summed E-state index contributed by atoms with van der Waals surface area (Å²) in [5, 5.41) is 6.73. The Morgan fingerprint density at radius 3 is 2.76 bits per heavy atom. The van der Waals surface area contributed by atoms with Crippen LogP contribution in [0.15, 0.2) is 28.8 Å². The molecule has 2 aromatic rings. The van der Waals surface area contributed by atoms with Crippen molar-refractivity contribution in [3.05, 3.63) is 36.0 Å². The van der Waals surface area contributed by atoms with Gasteiger partial charge in [0.15, 0.2) is 0 Å². The Kier molecular flexibility index (Phi) is 6.90. The second kappa shape index (κ2) is 8.92. The largest absolute Gasteiger partial charge is 0.355 e. The molecule has 25 heavy (non-hydrogen) atoms. The van der Waals surface area contributed by atoms with Gasteiger partial charge in [0.2, 0.25) is 17.6 Å². The van der Waals surface area contributed by atoms with Crippen molar-refractivity contribution in [3.8, 4) is 11.4 Å². The zero-order valence-corrected chi connectivity index (χ0v) is 14.6. The number of carbonyl (C=O) groups excluding carboxylic acids is 1. The number of amides is 1. The molecule has 136 valence electrons. The molecule has 0 bridgehead atoms. The fourth-order valence-electron chi connectivity index (χ4n) is 2.48. The first-order valence-electron chi connectivity index (χ1n) is 8.22. The average Bonchev–Trinajstić information content (AvgIpc) is 3.33. The van der Waals surface area contributed by atoms with Gasteiger partial charge in [-0.2, -0.15) is 4.98 Å². The Morgan fingerprint density at radius 2 is 2.08 bits per heavy atom. The summed E-state index contributed by atoms with van der Waals surface area (Å²) in [5.74, 6) is 1.15. The number of hydrogen-bond acceptors (Lipinski definition) is 5. The molecule has 3 N–H and O–H groups in total. The number of nitrogens with zero attached hydrogens (tertiary/aromatic N) is 2. The van der Waals surface area contributed by atoms with E-state index < -0.39 is 0 Å². The molecule has 1 fully saturated rings. The number of halogens is 2. The average molecular weight is 369 g/mol. The lowest BCUT2D eigenvalue weighted by atomic mass is 10.2. The monoisotopic (exact) mass is 368 g/mol. The fourth-order valence-corrected chi connectivity index (χ4v) is 2.48. The highest BCUT2D eigenvalue weighted by atomic mass is 35.5. The second-order valence-electron chi connectivity index (χ2n) is 6.18. The van der Waals surface area contributed by atoms with Crippen molar-refractivity contribution in [3.63, 3.8) is 0 Å². The lowest BCUT2D eigenvalue weighted by Gasteiger charge is -2.11. The minimum atomic E-state index is -0.310. The van der Waals surface area contributed by atoms with E-state index in [-0.39, 0.29) is 30.2 Å². The summed E-state index contributed by atoms with van der Waals surface area (Å²) in [6.07, 6.45) is 3.88. The van der Waals surface area contributed by atoms with Crippen molar-refractivity contribution in [2.24, 2.45) is 11.7 Å². The molecule has 0 spiro atoms. The van der Waals surface area contributed by atoms with Crippen LogP contribution in [0.3, 0.4) is 0 Å². The molecule has 1 aromatic heterocycles. The SMILES string of the molecule is Cl.NC(CNC(=O)CCCc1nc(-c2ccc(F)cc2)no1)C1CC1. The van der Waals surface area contributed by atoms with Gasteiger partial charge in [0, 0.05) is 31.0 Å². The van der Waals surface area contributed by atoms with E-state index in [9.17, 15) is 9.18 Å². The maximum atomic E-state index is 12.9. The first-order valence-corrected chi connectivity index (χ1v) is 8.22. The molecule has 0 saturated heterocycles. The lowest BCUT2D eigenvalue weighted by Crippen LogP contribution is -2.38. The topological polar surface area (TPSA) is 94.0 Å². The van der Waals surface area contributed by atoms with Crippen molar-refractivity contribution in [1.29, 1.82) is 0 Å². The van der Waals surface area contributed by atoms with E-state index in [0.29, 0.717) is 49.0 Å². The van der Waals surface area contributed by atoms with Crippen molar-refractivity contribution >= 4 is 18.3 Å². The van der Waals surface area contributed by atoms with Crippen LogP contribution in [0.4, 0.5) is 4.39 Å². The first kappa shape index (κ1) is 19.3. The van der Waals surface area contributed by atoms with Gasteiger partial charge in [0.05, 0.1) is 0 Å². The summed E-state index contributed by atoms with van der Waals surface area (Å²) in [7, 11) is 0. The molecular weight excluding hydrogens is 347 g/mol. The van der Waals surface area contributed by atoms with Gasteiger partial charge < -0.3 is 15.6 Å². The van der Waals surface area contributed by atoms with Gasteiger partial charge in [-0.1, -0.05) is 5.16 Å². The highest BCUT2D eigenvalue weighted by Gasteiger charge is 2.28. The number of hydrogen-bond donors (Lipinski definition) is 2. The van der Waals surface area contributed by atoms with Gasteiger partial charge in [0.25, 0.3) is 0 Å². The van der Waals surface area contributed by atoms with E-state index in [2.05, 4.69) is 15.5 Å². The number of benzene rings is 1. The summed E-state index contributed by atoms with van der Waals surface area (Å²) < 4.78 is 18.1. The lowest BCUT2D eigenvalue weighted by molar-refractivity contribution is -0.121. The van der Waals surface area contributed by atoms with Crippen molar-refractivity contribution in [2.45, 2.75) is 38.1 Å². The number of carbonyl (C=O) groups is 1. The fraction of sp³-hybridized carbons (Fsp3) is 0.471. The Labute approximate surface area is 151 Å². The van der Waals surface area contributed by atoms with Crippen molar-refractivity contribution < 1.29 is 13.7 Å². The third kappa shape index (κ3) is 5.79.